The van der Waals surface area contributed by atoms with Crippen molar-refractivity contribution in [1.29, 1.82) is 0 Å². The Balaban J connectivity index is 1.32. The van der Waals surface area contributed by atoms with E-state index in [1.807, 2.05) is 30.3 Å². The molecule has 1 heterocycles. The van der Waals surface area contributed by atoms with Crippen molar-refractivity contribution in [3.8, 4) is 0 Å². The van der Waals surface area contributed by atoms with E-state index in [1.54, 1.807) is 0 Å². The van der Waals surface area contributed by atoms with Gasteiger partial charge in [-0.1, -0.05) is 55.3 Å². The van der Waals surface area contributed by atoms with Gasteiger partial charge in [0.25, 0.3) is 0 Å². The minimum absolute atomic E-state index is 0.0213. The van der Waals surface area contributed by atoms with Crippen LogP contribution in [-0.4, -0.2) is 36.5 Å². The number of nitrogens with zero attached hydrogens (tertiary/aromatic N) is 1. The zero-order valence-electron chi connectivity index (χ0n) is 17.0. The number of hydrogen-bond acceptors (Lipinski definition) is 2. The monoisotopic (exact) mass is 394 g/mol. The third kappa shape index (κ3) is 5.24. The average molecular weight is 395 g/mol. The first-order valence-electron chi connectivity index (χ1n) is 11.0. The standard InChI is InChI=1S/C25H31FN2O/c26-22-12-10-19(11-13-22)14-16-28-17-15-23(18-28)27-25(29)24(21-8-4-5-9-21)20-6-2-1-3-7-20/h1-3,6-7,10-13,21,23-24H,4-5,8-9,14-18H2,(H,27,29)/t23-,24?/m0/s1. The van der Waals surface area contributed by atoms with Crippen LogP contribution in [0.25, 0.3) is 0 Å². The Morgan fingerprint density at radius 1 is 1.03 bits per heavy atom. The molecule has 4 heteroatoms. The average Bonchev–Trinajstić information content (AvgIpc) is 3.41. The van der Waals surface area contributed by atoms with Gasteiger partial charge in [-0.15, -0.1) is 0 Å². The van der Waals surface area contributed by atoms with Gasteiger partial charge in [0.05, 0.1) is 5.92 Å². The number of likely N-dealkylation sites (tertiary alicyclic amines) is 1. The van der Waals surface area contributed by atoms with Crippen LogP contribution < -0.4 is 5.32 Å². The lowest BCUT2D eigenvalue weighted by Crippen LogP contribution is -2.41. The Morgan fingerprint density at radius 2 is 1.76 bits per heavy atom. The van der Waals surface area contributed by atoms with Crippen LogP contribution in [0.2, 0.25) is 0 Å². The smallest absolute Gasteiger partial charge is 0.228 e. The van der Waals surface area contributed by atoms with Gasteiger partial charge in [-0.2, -0.15) is 0 Å². The lowest BCUT2D eigenvalue weighted by atomic mass is 9.84. The van der Waals surface area contributed by atoms with Crippen LogP contribution in [0.15, 0.2) is 54.6 Å². The maximum absolute atomic E-state index is 13.2. The highest BCUT2D eigenvalue weighted by atomic mass is 19.1. The van der Waals surface area contributed by atoms with E-state index < -0.39 is 0 Å². The maximum Gasteiger partial charge on any atom is 0.228 e. The van der Waals surface area contributed by atoms with Gasteiger partial charge >= 0.3 is 0 Å². The number of halogens is 1. The molecule has 2 aromatic rings. The molecular formula is C25H31FN2O. The Hall–Kier alpha value is -2.20. The van der Waals surface area contributed by atoms with E-state index in [4.69, 9.17) is 0 Å². The van der Waals surface area contributed by atoms with E-state index in [0.717, 1.165) is 56.4 Å². The van der Waals surface area contributed by atoms with Crippen LogP contribution in [0, 0.1) is 11.7 Å². The molecule has 0 radical (unpaired) electrons. The molecule has 1 aliphatic heterocycles. The van der Waals surface area contributed by atoms with Gasteiger partial charge in [0.1, 0.15) is 5.82 Å². The van der Waals surface area contributed by atoms with Gasteiger partial charge in [-0.25, -0.2) is 4.39 Å². The second-order valence-corrected chi connectivity index (χ2v) is 8.60. The highest BCUT2D eigenvalue weighted by molar-refractivity contribution is 5.84. The summed E-state index contributed by atoms with van der Waals surface area (Å²) in [5, 5.41) is 3.36. The largest absolute Gasteiger partial charge is 0.351 e. The van der Waals surface area contributed by atoms with Crippen molar-refractivity contribution in [1.82, 2.24) is 10.2 Å². The van der Waals surface area contributed by atoms with Gasteiger partial charge in [-0.05, 0) is 54.9 Å². The lowest BCUT2D eigenvalue weighted by molar-refractivity contribution is -0.124. The second-order valence-electron chi connectivity index (χ2n) is 8.60. The van der Waals surface area contributed by atoms with Gasteiger partial charge < -0.3 is 10.2 Å². The molecule has 2 atom stereocenters. The fourth-order valence-electron chi connectivity index (χ4n) is 4.97. The van der Waals surface area contributed by atoms with Crippen molar-refractivity contribution in [3.05, 3.63) is 71.5 Å². The fraction of sp³-hybridized carbons (Fsp3) is 0.480. The molecule has 2 fully saturated rings. The van der Waals surface area contributed by atoms with Crippen molar-refractivity contribution in [2.24, 2.45) is 5.92 Å². The molecule has 154 valence electrons. The summed E-state index contributed by atoms with van der Waals surface area (Å²) >= 11 is 0. The Kier molecular flexibility index (Phi) is 6.60. The summed E-state index contributed by atoms with van der Waals surface area (Å²) < 4.78 is 13.0. The molecule has 29 heavy (non-hydrogen) atoms. The normalized spacial score (nSPS) is 21.3. The first-order chi connectivity index (χ1) is 14.2. The van der Waals surface area contributed by atoms with Crippen LogP contribution in [0.3, 0.4) is 0 Å². The van der Waals surface area contributed by atoms with Crippen molar-refractivity contribution in [3.63, 3.8) is 0 Å². The Bertz CT molecular complexity index is 786. The minimum atomic E-state index is -0.187. The number of rotatable bonds is 7. The fourth-order valence-corrected chi connectivity index (χ4v) is 4.97. The van der Waals surface area contributed by atoms with Crippen molar-refractivity contribution < 1.29 is 9.18 Å². The number of benzene rings is 2. The van der Waals surface area contributed by atoms with E-state index >= 15 is 0 Å². The van der Waals surface area contributed by atoms with Crippen molar-refractivity contribution in [2.75, 3.05) is 19.6 Å². The van der Waals surface area contributed by atoms with E-state index in [-0.39, 0.29) is 23.7 Å². The van der Waals surface area contributed by atoms with Crippen molar-refractivity contribution in [2.45, 2.75) is 50.5 Å². The Morgan fingerprint density at radius 3 is 2.48 bits per heavy atom. The Labute approximate surface area is 173 Å². The van der Waals surface area contributed by atoms with Crippen LogP contribution >= 0.6 is 0 Å². The number of carbonyl (C=O) groups is 1. The molecule has 1 amide bonds. The van der Waals surface area contributed by atoms with Gasteiger partial charge in [0.2, 0.25) is 5.91 Å². The van der Waals surface area contributed by atoms with E-state index in [9.17, 15) is 9.18 Å². The van der Waals surface area contributed by atoms with Crippen LogP contribution in [0.5, 0.6) is 0 Å². The van der Waals surface area contributed by atoms with Crippen molar-refractivity contribution >= 4 is 5.91 Å². The molecular weight excluding hydrogens is 363 g/mol. The highest BCUT2D eigenvalue weighted by Crippen LogP contribution is 2.37. The number of carbonyl (C=O) groups excluding carboxylic acids is 1. The summed E-state index contributed by atoms with van der Waals surface area (Å²) in [7, 11) is 0. The van der Waals surface area contributed by atoms with Gasteiger partial charge in [0.15, 0.2) is 0 Å². The molecule has 0 aromatic heterocycles. The quantitative estimate of drug-likeness (QED) is 0.748. The zero-order valence-corrected chi connectivity index (χ0v) is 17.0. The summed E-state index contributed by atoms with van der Waals surface area (Å²) in [6.45, 7) is 2.85. The second kappa shape index (κ2) is 9.53. The lowest BCUT2D eigenvalue weighted by Gasteiger charge is -2.25. The van der Waals surface area contributed by atoms with Gasteiger partial charge in [0, 0.05) is 25.7 Å². The summed E-state index contributed by atoms with van der Waals surface area (Å²) in [6.07, 6.45) is 6.70. The van der Waals surface area contributed by atoms with Gasteiger partial charge in [-0.3, -0.25) is 4.79 Å². The molecule has 1 saturated carbocycles. The molecule has 1 aliphatic carbocycles. The van der Waals surface area contributed by atoms with Crippen LogP contribution in [-0.2, 0) is 11.2 Å². The molecule has 1 saturated heterocycles. The SMILES string of the molecule is O=C(N[C@H]1CCN(CCc2ccc(F)cc2)C1)C(c1ccccc1)C1CCCC1. The zero-order chi connectivity index (χ0) is 20.1. The topological polar surface area (TPSA) is 32.3 Å². The maximum atomic E-state index is 13.2. The highest BCUT2D eigenvalue weighted by Gasteiger charge is 2.34. The predicted molar refractivity (Wildman–Crippen MR) is 114 cm³/mol. The first kappa shape index (κ1) is 20.1. The molecule has 4 rings (SSSR count). The first-order valence-corrected chi connectivity index (χ1v) is 11.0. The van der Waals surface area contributed by atoms with E-state index in [0.29, 0.717) is 5.92 Å². The summed E-state index contributed by atoms with van der Waals surface area (Å²) in [4.78, 5) is 15.6. The predicted octanol–water partition coefficient (Wildman–Crippen LogP) is 4.53. The molecule has 2 aliphatic rings. The number of hydrogen-bond donors (Lipinski definition) is 1. The summed E-state index contributed by atoms with van der Waals surface area (Å²) in [6, 6.07) is 17.3. The molecule has 1 N–H and O–H groups in total. The third-order valence-electron chi connectivity index (χ3n) is 6.56. The molecule has 0 spiro atoms. The van der Waals surface area contributed by atoms with E-state index in [1.165, 1.54) is 25.0 Å². The van der Waals surface area contributed by atoms with Crippen LogP contribution in [0.1, 0.15) is 49.1 Å². The third-order valence-corrected chi connectivity index (χ3v) is 6.56. The number of amides is 1. The molecule has 0 bridgehead atoms. The number of nitrogens with one attached hydrogen (secondary N) is 1. The molecule has 3 nitrogen and oxygen atoms in total. The van der Waals surface area contributed by atoms with E-state index in [2.05, 4.69) is 22.3 Å². The molecule has 2 aromatic carbocycles. The minimum Gasteiger partial charge on any atom is -0.351 e. The summed E-state index contributed by atoms with van der Waals surface area (Å²) in [5.41, 5.74) is 2.31. The van der Waals surface area contributed by atoms with Crippen LogP contribution in [0.4, 0.5) is 4.39 Å². The molecule has 1 unspecified atom stereocenters. The summed E-state index contributed by atoms with van der Waals surface area (Å²) in [5.74, 6) is 0.460.